The quantitative estimate of drug-likeness (QED) is 0.812. The fourth-order valence-electron chi connectivity index (χ4n) is 2.08. The van der Waals surface area contributed by atoms with Gasteiger partial charge in [0, 0.05) is 5.56 Å². The highest BCUT2D eigenvalue weighted by molar-refractivity contribution is 5.79. The molecule has 3 heteroatoms. The van der Waals surface area contributed by atoms with Crippen LogP contribution < -0.4 is 0 Å². The van der Waals surface area contributed by atoms with Gasteiger partial charge in [0.2, 0.25) is 0 Å². The van der Waals surface area contributed by atoms with Crippen LogP contribution >= 0.6 is 0 Å². The van der Waals surface area contributed by atoms with Crippen LogP contribution in [-0.4, -0.2) is 17.7 Å². The van der Waals surface area contributed by atoms with Crippen LogP contribution in [0.2, 0.25) is 0 Å². The molecule has 1 aromatic carbocycles. The molecule has 0 saturated heterocycles. The molecule has 0 spiro atoms. The lowest BCUT2D eigenvalue weighted by Gasteiger charge is -2.18. The van der Waals surface area contributed by atoms with Crippen LogP contribution in [0.25, 0.3) is 0 Å². The van der Waals surface area contributed by atoms with Gasteiger partial charge in [-0.15, -0.1) is 0 Å². The van der Waals surface area contributed by atoms with Crippen molar-refractivity contribution < 1.29 is 14.6 Å². The van der Waals surface area contributed by atoms with Gasteiger partial charge in [-0.1, -0.05) is 39.0 Å². The Hall–Kier alpha value is -1.51. The minimum atomic E-state index is -0.386. The summed E-state index contributed by atoms with van der Waals surface area (Å²) < 4.78 is 5.05. The molecule has 1 aromatic rings. The van der Waals surface area contributed by atoms with E-state index in [9.17, 15) is 9.90 Å². The third-order valence-corrected chi connectivity index (χ3v) is 3.08. The molecule has 0 heterocycles. The van der Waals surface area contributed by atoms with Crippen molar-refractivity contribution in [2.45, 2.75) is 46.0 Å². The van der Waals surface area contributed by atoms with E-state index in [1.54, 1.807) is 13.0 Å². The van der Waals surface area contributed by atoms with Crippen LogP contribution in [0.5, 0.6) is 5.75 Å². The Balaban J connectivity index is 3.14. The number of hydrogen-bond acceptors (Lipinski definition) is 3. The summed E-state index contributed by atoms with van der Waals surface area (Å²) >= 11 is 0. The van der Waals surface area contributed by atoms with E-state index in [1.807, 2.05) is 32.9 Å². The molecule has 0 saturated carbocycles. The molecule has 0 aliphatic carbocycles. The molecule has 100 valence electrons. The molecule has 3 nitrogen and oxygen atoms in total. The molecular weight excluding hydrogens is 228 g/mol. The molecule has 18 heavy (non-hydrogen) atoms. The second kappa shape index (κ2) is 6.43. The lowest BCUT2D eigenvalue weighted by Crippen LogP contribution is -2.15. The van der Waals surface area contributed by atoms with Gasteiger partial charge in [-0.25, -0.2) is 0 Å². The van der Waals surface area contributed by atoms with Crippen LogP contribution in [0.1, 0.15) is 57.1 Å². The fourth-order valence-corrected chi connectivity index (χ4v) is 2.08. The number of benzene rings is 1. The fraction of sp³-hybridized carbons (Fsp3) is 0.533. The molecule has 0 aliphatic heterocycles. The zero-order chi connectivity index (χ0) is 13.7. The highest BCUT2D eigenvalue weighted by atomic mass is 16.5. The van der Waals surface area contributed by atoms with Gasteiger partial charge in [-0.2, -0.15) is 0 Å². The van der Waals surface area contributed by atoms with Crippen molar-refractivity contribution in [1.82, 2.24) is 0 Å². The summed E-state index contributed by atoms with van der Waals surface area (Å²) in [6, 6.07) is 5.57. The van der Waals surface area contributed by atoms with Crippen molar-refractivity contribution >= 4 is 5.97 Å². The number of rotatable bonds is 5. The third-order valence-electron chi connectivity index (χ3n) is 3.08. The maximum absolute atomic E-state index is 11.9. The van der Waals surface area contributed by atoms with Crippen molar-refractivity contribution in [3.8, 4) is 5.75 Å². The lowest BCUT2D eigenvalue weighted by molar-refractivity contribution is -0.145. The van der Waals surface area contributed by atoms with E-state index in [0.717, 1.165) is 5.56 Å². The Morgan fingerprint density at radius 2 is 1.89 bits per heavy atom. The summed E-state index contributed by atoms with van der Waals surface area (Å²) in [6.45, 7) is 8.10. The first-order chi connectivity index (χ1) is 8.52. The number of phenols is 1. The van der Waals surface area contributed by atoms with Crippen LogP contribution in [0.4, 0.5) is 0 Å². The van der Waals surface area contributed by atoms with Gasteiger partial charge >= 0.3 is 5.97 Å². The average Bonchev–Trinajstić information content (AvgIpc) is 2.32. The van der Waals surface area contributed by atoms with Crippen molar-refractivity contribution in [3.05, 3.63) is 29.3 Å². The first-order valence-electron chi connectivity index (χ1n) is 6.51. The summed E-state index contributed by atoms with van der Waals surface area (Å²) in [5, 5.41) is 10.3. The van der Waals surface area contributed by atoms with Gasteiger partial charge in [-0.3, -0.25) is 4.79 Å². The van der Waals surface area contributed by atoms with E-state index >= 15 is 0 Å². The van der Waals surface area contributed by atoms with Crippen LogP contribution in [0, 0.1) is 0 Å². The second-order valence-electron chi connectivity index (χ2n) is 4.65. The minimum absolute atomic E-state index is 0.227. The number of para-hydroxylation sites is 1. The summed E-state index contributed by atoms with van der Waals surface area (Å²) in [5.41, 5.74) is 1.54. The summed E-state index contributed by atoms with van der Waals surface area (Å²) in [6.07, 6.45) is 0.619. The third kappa shape index (κ3) is 3.03. The Kier molecular flexibility index (Phi) is 5.20. The van der Waals surface area contributed by atoms with E-state index in [4.69, 9.17) is 4.74 Å². The Morgan fingerprint density at radius 3 is 2.39 bits per heavy atom. The van der Waals surface area contributed by atoms with Crippen molar-refractivity contribution in [1.29, 1.82) is 0 Å². The molecule has 1 atom stereocenters. The number of phenolic OH excluding ortho intramolecular Hbond substituents is 1. The first-order valence-corrected chi connectivity index (χ1v) is 6.51. The van der Waals surface area contributed by atoms with Gasteiger partial charge in [-0.05, 0) is 24.8 Å². The Morgan fingerprint density at radius 1 is 1.28 bits per heavy atom. The SMILES string of the molecule is CCOC(=O)C(CC)c1cccc(C(C)C)c1O. The predicted molar refractivity (Wildman–Crippen MR) is 71.9 cm³/mol. The highest BCUT2D eigenvalue weighted by Crippen LogP contribution is 2.35. The van der Waals surface area contributed by atoms with Crippen molar-refractivity contribution in [3.63, 3.8) is 0 Å². The Labute approximate surface area is 109 Å². The summed E-state index contributed by atoms with van der Waals surface area (Å²) in [7, 11) is 0. The number of carbonyl (C=O) groups is 1. The molecule has 0 fully saturated rings. The van der Waals surface area contributed by atoms with Gasteiger partial charge in [0.15, 0.2) is 0 Å². The number of ether oxygens (including phenoxy) is 1. The second-order valence-corrected chi connectivity index (χ2v) is 4.65. The maximum atomic E-state index is 11.9. The molecule has 0 bridgehead atoms. The standard InChI is InChI=1S/C15H22O3/c1-5-11(15(17)18-6-2)13-9-7-8-12(10(3)4)14(13)16/h7-11,16H,5-6H2,1-4H3. The smallest absolute Gasteiger partial charge is 0.313 e. The van der Waals surface area contributed by atoms with E-state index in [-0.39, 0.29) is 23.6 Å². The maximum Gasteiger partial charge on any atom is 0.313 e. The van der Waals surface area contributed by atoms with Gasteiger partial charge in [0.05, 0.1) is 12.5 Å². The number of aromatic hydroxyl groups is 1. The van der Waals surface area contributed by atoms with E-state index < -0.39 is 0 Å². The average molecular weight is 250 g/mol. The first kappa shape index (κ1) is 14.6. The van der Waals surface area contributed by atoms with Crippen molar-refractivity contribution in [2.24, 2.45) is 0 Å². The largest absolute Gasteiger partial charge is 0.507 e. The van der Waals surface area contributed by atoms with Crippen LogP contribution in [-0.2, 0) is 9.53 Å². The molecule has 0 radical (unpaired) electrons. The number of carbonyl (C=O) groups excluding carboxylic acids is 1. The molecular formula is C15H22O3. The van der Waals surface area contributed by atoms with E-state index in [2.05, 4.69) is 0 Å². The van der Waals surface area contributed by atoms with Gasteiger partial charge in [0.1, 0.15) is 5.75 Å². The summed E-state index contributed by atoms with van der Waals surface area (Å²) in [5.74, 6) is -0.197. The topological polar surface area (TPSA) is 46.5 Å². The van der Waals surface area contributed by atoms with Crippen molar-refractivity contribution in [2.75, 3.05) is 6.61 Å². The molecule has 0 amide bonds. The highest BCUT2D eigenvalue weighted by Gasteiger charge is 2.24. The molecule has 0 aliphatic rings. The van der Waals surface area contributed by atoms with Gasteiger partial charge in [0.25, 0.3) is 0 Å². The minimum Gasteiger partial charge on any atom is -0.507 e. The molecule has 0 aromatic heterocycles. The van der Waals surface area contributed by atoms with Crippen LogP contribution in [0.15, 0.2) is 18.2 Å². The summed E-state index contributed by atoms with van der Waals surface area (Å²) in [4.78, 5) is 11.9. The van der Waals surface area contributed by atoms with E-state index in [0.29, 0.717) is 18.6 Å². The predicted octanol–water partition coefficient (Wildman–Crippen LogP) is 3.57. The van der Waals surface area contributed by atoms with Crippen LogP contribution in [0.3, 0.4) is 0 Å². The Bertz CT molecular complexity index is 410. The zero-order valence-corrected chi connectivity index (χ0v) is 11.6. The lowest BCUT2D eigenvalue weighted by atomic mass is 9.91. The molecule has 1 N–H and O–H groups in total. The normalized spacial score (nSPS) is 12.5. The number of hydrogen-bond donors (Lipinski definition) is 1. The molecule has 1 rings (SSSR count). The molecule has 1 unspecified atom stereocenters. The van der Waals surface area contributed by atoms with Gasteiger partial charge < -0.3 is 9.84 Å². The monoisotopic (exact) mass is 250 g/mol. The van der Waals surface area contributed by atoms with E-state index in [1.165, 1.54) is 0 Å². The zero-order valence-electron chi connectivity index (χ0n) is 11.6. The number of esters is 1.